The number of hydrogen-bond acceptors (Lipinski definition) is 4. The summed E-state index contributed by atoms with van der Waals surface area (Å²) in [5, 5.41) is 5.21. The van der Waals surface area contributed by atoms with Crippen molar-refractivity contribution < 1.29 is 23.5 Å². The van der Waals surface area contributed by atoms with E-state index in [1.54, 1.807) is 38.1 Å². The lowest BCUT2D eigenvalue weighted by molar-refractivity contribution is -0.118. The first-order valence-corrected chi connectivity index (χ1v) is 9.34. The number of methoxy groups -OCH3 is 2. The number of carbonyl (C=O) groups excluding carboxylic acids is 2. The third-order valence-corrected chi connectivity index (χ3v) is 4.53. The number of carbonyl (C=O) groups is 2. The third-order valence-electron chi connectivity index (χ3n) is 4.04. The second-order valence-corrected chi connectivity index (χ2v) is 7.33. The minimum atomic E-state index is -0.868. The Kier molecular flexibility index (Phi) is 7.39. The molecule has 2 rings (SSSR count). The summed E-state index contributed by atoms with van der Waals surface area (Å²) in [7, 11) is 2.96. The maximum atomic E-state index is 14.0. The average molecular weight is 453 g/mol. The highest BCUT2D eigenvalue weighted by Crippen LogP contribution is 2.23. The normalized spacial score (nSPS) is 11.7. The summed E-state index contributed by atoms with van der Waals surface area (Å²) in [6, 6.07) is 8.17. The Morgan fingerprint density at radius 3 is 2.14 bits per heavy atom. The van der Waals surface area contributed by atoms with Crippen LogP contribution in [0, 0.1) is 11.7 Å². The smallest absolute Gasteiger partial charge is 0.252 e. The number of ether oxygens (including phenoxy) is 2. The van der Waals surface area contributed by atoms with Gasteiger partial charge in [-0.2, -0.15) is 0 Å². The number of hydrogen-bond donors (Lipinski definition) is 2. The predicted molar refractivity (Wildman–Crippen MR) is 108 cm³/mol. The van der Waals surface area contributed by atoms with E-state index >= 15 is 0 Å². The van der Waals surface area contributed by atoms with Gasteiger partial charge in [0.2, 0.25) is 5.91 Å². The van der Waals surface area contributed by atoms with Crippen molar-refractivity contribution in [3.63, 3.8) is 0 Å². The fourth-order valence-corrected chi connectivity index (χ4v) is 2.83. The van der Waals surface area contributed by atoms with E-state index in [0.717, 1.165) is 0 Å². The van der Waals surface area contributed by atoms with E-state index in [4.69, 9.17) is 9.47 Å². The Morgan fingerprint density at radius 1 is 1.04 bits per heavy atom. The van der Waals surface area contributed by atoms with Crippen molar-refractivity contribution in [3.05, 3.63) is 52.3 Å². The molecule has 0 aliphatic heterocycles. The molecular formula is C20H22BrFN2O4. The number of amides is 2. The highest BCUT2D eigenvalue weighted by atomic mass is 79.9. The van der Waals surface area contributed by atoms with Gasteiger partial charge < -0.3 is 20.1 Å². The zero-order valence-electron chi connectivity index (χ0n) is 16.0. The minimum Gasteiger partial charge on any atom is -0.497 e. The van der Waals surface area contributed by atoms with Gasteiger partial charge >= 0.3 is 0 Å². The van der Waals surface area contributed by atoms with Crippen LogP contribution in [0.4, 0.5) is 10.1 Å². The van der Waals surface area contributed by atoms with Gasteiger partial charge in [-0.05, 0) is 36.2 Å². The van der Waals surface area contributed by atoms with Crippen molar-refractivity contribution in [3.8, 4) is 11.5 Å². The molecule has 8 heteroatoms. The zero-order chi connectivity index (χ0) is 20.8. The molecule has 0 fully saturated rings. The molecule has 0 aliphatic carbocycles. The van der Waals surface area contributed by atoms with Gasteiger partial charge in [0, 0.05) is 16.1 Å². The largest absolute Gasteiger partial charge is 0.497 e. The molecule has 28 heavy (non-hydrogen) atoms. The third kappa shape index (κ3) is 5.45. The molecule has 1 atom stereocenters. The van der Waals surface area contributed by atoms with Gasteiger partial charge in [-0.1, -0.05) is 29.8 Å². The quantitative estimate of drug-likeness (QED) is 0.665. The van der Waals surface area contributed by atoms with E-state index in [9.17, 15) is 14.0 Å². The van der Waals surface area contributed by atoms with E-state index in [0.29, 0.717) is 16.0 Å². The Labute approximate surface area is 171 Å². The molecule has 0 spiro atoms. The lowest BCUT2D eigenvalue weighted by Crippen LogP contribution is -2.47. The number of benzene rings is 2. The lowest BCUT2D eigenvalue weighted by Gasteiger charge is -2.22. The molecule has 2 aromatic carbocycles. The van der Waals surface area contributed by atoms with Crippen LogP contribution in [-0.4, -0.2) is 32.1 Å². The minimum absolute atomic E-state index is 0.0381. The van der Waals surface area contributed by atoms with Crippen molar-refractivity contribution >= 4 is 33.4 Å². The maximum absolute atomic E-state index is 14.0. The molecule has 0 heterocycles. The summed E-state index contributed by atoms with van der Waals surface area (Å²) in [5.41, 5.74) is 0.320. The van der Waals surface area contributed by atoms with Crippen LogP contribution in [0.2, 0.25) is 0 Å². The van der Waals surface area contributed by atoms with Crippen molar-refractivity contribution in [2.45, 2.75) is 19.9 Å². The second-order valence-electron chi connectivity index (χ2n) is 6.41. The van der Waals surface area contributed by atoms with Crippen LogP contribution < -0.4 is 20.1 Å². The van der Waals surface area contributed by atoms with E-state index < -0.39 is 23.7 Å². The van der Waals surface area contributed by atoms with Crippen LogP contribution in [0.3, 0.4) is 0 Å². The average Bonchev–Trinajstić information content (AvgIpc) is 2.67. The summed E-state index contributed by atoms with van der Waals surface area (Å²) in [4.78, 5) is 25.3. The van der Waals surface area contributed by atoms with Crippen LogP contribution in [-0.2, 0) is 4.79 Å². The van der Waals surface area contributed by atoms with Crippen LogP contribution in [0.1, 0.15) is 24.2 Å². The molecule has 2 N–H and O–H groups in total. The topological polar surface area (TPSA) is 76.7 Å². The molecule has 150 valence electrons. The molecule has 0 saturated heterocycles. The standard InChI is InChI=1S/C20H22BrFN2O4/c1-11(2)18(20(26)23-17-6-5-13(21)9-16(17)22)24-19(25)12-7-14(27-3)10-15(8-12)28-4/h5-11,18H,1-4H3,(H,23,26)(H,24,25). The van der Waals surface area contributed by atoms with Crippen LogP contribution in [0.5, 0.6) is 11.5 Å². The summed E-state index contributed by atoms with van der Waals surface area (Å²) < 4.78 is 24.9. The Bertz CT molecular complexity index is 851. The number of halogens is 2. The summed E-state index contributed by atoms with van der Waals surface area (Å²) in [6.45, 7) is 3.57. The summed E-state index contributed by atoms with van der Waals surface area (Å²) >= 11 is 3.17. The molecule has 6 nitrogen and oxygen atoms in total. The molecule has 0 saturated carbocycles. The molecule has 2 amide bonds. The molecule has 0 bridgehead atoms. The second kappa shape index (κ2) is 9.54. The maximum Gasteiger partial charge on any atom is 0.252 e. The zero-order valence-corrected chi connectivity index (χ0v) is 17.6. The summed E-state index contributed by atoms with van der Waals surface area (Å²) in [5.74, 6) is -0.884. The van der Waals surface area contributed by atoms with E-state index in [-0.39, 0.29) is 17.2 Å². The van der Waals surface area contributed by atoms with E-state index in [1.165, 1.54) is 26.4 Å². The Morgan fingerprint density at radius 2 is 1.64 bits per heavy atom. The van der Waals surface area contributed by atoms with Crippen molar-refractivity contribution in [2.75, 3.05) is 19.5 Å². The first kappa shape index (κ1) is 21.7. The Hall–Kier alpha value is -2.61. The highest BCUT2D eigenvalue weighted by molar-refractivity contribution is 9.10. The molecule has 1 unspecified atom stereocenters. The first-order valence-electron chi connectivity index (χ1n) is 8.55. The van der Waals surface area contributed by atoms with Gasteiger partial charge in [-0.15, -0.1) is 0 Å². The fraction of sp³-hybridized carbons (Fsp3) is 0.300. The van der Waals surface area contributed by atoms with Crippen molar-refractivity contribution in [1.82, 2.24) is 5.32 Å². The van der Waals surface area contributed by atoms with Crippen molar-refractivity contribution in [2.24, 2.45) is 5.92 Å². The first-order chi connectivity index (χ1) is 13.2. The van der Waals surface area contributed by atoms with E-state index in [2.05, 4.69) is 26.6 Å². The SMILES string of the molecule is COc1cc(OC)cc(C(=O)NC(C(=O)Nc2ccc(Br)cc2F)C(C)C)c1. The highest BCUT2D eigenvalue weighted by Gasteiger charge is 2.26. The monoisotopic (exact) mass is 452 g/mol. The number of anilines is 1. The van der Waals surface area contributed by atoms with Crippen LogP contribution >= 0.6 is 15.9 Å². The van der Waals surface area contributed by atoms with E-state index in [1.807, 2.05) is 0 Å². The van der Waals surface area contributed by atoms with Gasteiger partial charge in [-0.3, -0.25) is 9.59 Å². The molecule has 0 radical (unpaired) electrons. The van der Waals surface area contributed by atoms with Crippen LogP contribution in [0.25, 0.3) is 0 Å². The molecule has 0 aliphatic rings. The molecular weight excluding hydrogens is 431 g/mol. The number of rotatable bonds is 7. The van der Waals surface area contributed by atoms with Gasteiger partial charge in [0.15, 0.2) is 0 Å². The predicted octanol–water partition coefficient (Wildman–Crippen LogP) is 4.00. The van der Waals surface area contributed by atoms with Crippen molar-refractivity contribution in [1.29, 1.82) is 0 Å². The van der Waals surface area contributed by atoms with Gasteiger partial charge in [-0.25, -0.2) is 4.39 Å². The fourth-order valence-electron chi connectivity index (χ4n) is 2.50. The lowest BCUT2D eigenvalue weighted by atomic mass is 10.0. The van der Waals surface area contributed by atoms with Gasteiger partial charge in [0.1, 0.15) is 23.4 Å². The summed E-state index contributed by atoms with van der Waals surface area (Å²) in [6.07, 6.45) is 0. The Balaban J connectivity index is 2.20. The van der Waals surface area contributed by atoms with Crippen LogP contribution in [0.15, 0.2) is 40.9 Å². The molecule has 2 aromatic rings. The molecule has 0 aromatic heterocycles. The van der Waals surface area contributed by atoms with Gasteiger partial charge in [0.05, 0.1) is 19.9 Å². The van der Waals surface area contributed by atoms with Gasteiger partial charge in [0.25, 0.3) is 5.91 Å². The number of nitrogens with one attached hydrogen (secondary N) is 2.